The summed E-state index contributed by atoms with van der Waals surface area (Å²) in [7, 11) is 1.56. The Bertz CT molecular complexity index is 1010. The van der Waals surface area contributed by atoms with Gasteiger partial charge in [0.05, 0.1) is 17.1 Å². The zero-order valence-electron chi connectivity index (χ0n) is 15.6. The topological polar surface area (TPSA) is 90.4 Å². The largest absolute Gasteiger partial charge is 0.341 e. The van der Waals surface area contributed by atoms with E-state index in [1.54, 1.807) is 7.05 Å². The van der Waals surface area contributed by atoms with Crippen molar-refractivity contribution < 1.29 is 9.59 Å². The Morgan fingerprint density at radius 3 is 2.64 bits per heavy atom. The van der Waals surface area contributed by atoms with Crippen molar-refractivity contribution in [1.29, 1.82) is 0 Å². The molecule has 0 fully saturated rings. The van der Waals surface area contributed by atoms with Crippen molar-refractivity contribution >= 4 is 28.6 Å². The molecule has 1 unspecified atom stereocenters. The minimum Gasteiger partial charge on any atom is -0.341 e. The van der Waals surface area contributed by atoms with Crippen LogP contribution in [-0.2, 0) is 16.0 Å². The highest BCUT2D eigenvalue weighted by Gasteiger charge is 2.25. The molecule has 0 saturated carbocycles. The standard InChI is InChI=1S/C21H21N5O2/c1-26-19(27)12-11-17(25-26)21(28)24-18(13-14-7-3-2-4-8-14)20-22-15-9-5-6-10-16(15)23-20/h2-10,18H,11-13H2,1H3,(H,22,23)(H,24,28). The third-order valence-corrected chi connectivity index (χ3v) is 4.80. The molecule has 7 heteroatoms. The van der Waals surface area contributed by atoms with Crippen molar-refractivity contribution in [3.8, 4) is 0 Å². The minimum absolute atomic E-state index is 0.0883. The van der Waals surface area contributed by atoms with Crippen LogP contribution in [0.5, 0.6) is 0 Å². The Balaban J connectivity index is 1.62. The van der Waals surface area contributed by atoms with Gasteiger partial charge in [0, 0.05) is 19.9 Å². The van der Waals surface area contributed by atoms with Crippen molar-refractivity contribution in [2.24, 2.45) is 5.10 Å². The molecular formula is C21H21N5O2. The van der Waals surface area contributed by atoms with E-state index in [0.29, 0.717) is 24.4 Å². The molecule has 0 spiro atoms. The van der Waals surface area contributed by atoms with Crippen molar-refractivity contribution in [1.82, 2.24) is 20.3 Å². The number of hydrogen-bond donors (Lipinski definition) is 2. The van der Waals surface area contributed by atoms with Crippen molar-refractivity contribution in [3.05, 3.63) is 66.0 Å². The van der Waals surface area contributed by atoms with Gasteiger partial charge < -0.3 is 10.3 Å². The molecule has 2 N–H and O–H groups in total. The average molecular weight is 375 g/mol. The molecule has 1 aromatic heterocycles. The number of carbonyl (C=O) groups is 2. The number of hydrazone groups is 1. The number of rotatable bonds is 5. The first kappa shape index (κ1) is 17.9. The summed E-state index contributed by atoms with van der Waals surface area (Å²) in [6.45, 7) is 0. The fourth-order valence-electron chi connectivity index (χ4n) is 3.28. The maximum Gasteiger partial charge on any atom is 0.268 e. The van der Waals surface area contributed by atoms with Crippen LogP contribution in [0.15, 0.2) is 59.7 Å². The van der Waals surface area contributed by atoms with Crippen LogP contribution in [-0.4, -0.2) is 39.6 Å². The van der Waals surface area contributed by atoms with Gasteiger partial charge >= 0.3 is 0 Å². The van der Waals surface area contributed by atoms with Gasteiger partial charge in [0.25, 0.3) is 5.91 Å². The molecule has 0 radical (unpaired) electrons. The Labute approximate surface area is 162 Å². The van der Waals surface area contributed by atoms with Gasteiger partial charge in [-0.3, -0.25) is 9.59 Å². The first-order chi connectivity index (χ1) is 13.6. The maximum atomic E-state index is 12.8. The zero-order chi connectivity index (χ0) is 19.5. The van der Waals surface area contributed by atoms with Crippen LogP contribution in [0.4, 0.5) is 0 Å². The lowest BCUT2D eigenvalue weighted by molar-refractivity contribution is -0.130. The van der Waals surface area contributed by atoms with Gasteiger partial charge in [-0.1, -0.05) is 42.5 Å². The number of hydrogen-bond acceptors (Lipinski definition) is 4. The predicted molar refractivity (Wildman–Crippen MR) is 107 cm³/mol. The molecule has 142 valence electrons. The number of amides is 2. The zero-order valence-corrected chi connectivity index (χ0v) is 15.6. The molecule has 0 saturated heterocycles. The SMILES string of the molecule is CN1N=C(C(=O)NC(Cc2ccccc2)c2nc3ccccc3[nH]2)CCC1=O. The number of carbonyl (C=O) groups excluding carboxylic acids is 2. The molecule has 0 bridgehead atoms. The third kappa shape index (κ3) is 3.78. The Morgan fingerprint density at radius 1 is 1.14 bits per heavy atom. The molecule has 28 heavy (non-hydrogen) atoms. The molecule has 2 heterocycles. The highest BCUT2D eigenvalue weighted by atomic mass is 16.2. The van der Waals surface area contributed by atoms with Gasteiger partial charge in [-0.25, -0.2) is 9.99 Å². The summed E-state index contributed by atoms with van der Waals surface area (Å²) in [6.07, 6.45) is 1.22. The number of imidazole rings is 1. The number of aromatic amines is 1. The molecule has 1 atom stereocenters. The van der Waals surface area contributed by atoms with Crippen LogP contribution in [0.2, 0.25) is 0 Å². The van der Waals surface area contributed by atoms with Gasteiger partial charge in [-0.2, -0.15) is 5.10 Å². The number of fused-ring (bicyclic) bond motifs is 1. The molecule has 7 nitrogen and oxygen atoms in total. The lowest BCUT2D eigenvalue weighted by Crippen LogP contribution is -2.40. The van der Waals surface area contributed by atoms with E-state index in [4.69, 9.17) is 0 Å². The van der Waals surface area contributed by atoms with E-state index < -0.39 is 0 Å². The molecule has 2 amide bonds. The second-order valence-electron chi connectivity index (χ2n) is 6.82. The smallest absolute Gasteiger partial charge is 0.268 e. The molecule has 3 aromatic rings. The summed E-state index contributed by atoms with van der Waals surface area (Å²) in [5.74, 6) is 0.328. The first-order valence-electron chi connectivity index (χ1n) is 9.23. The Kier molecular flexibility index (Phi) is 4.89. The summed E-state index contributed by atoms with van der Waals surface area (Å²) >= 11 is 0. The van der Waals surface area contributed by atoms with Crippen LogP contribution < -0.4 is 5.32 Å². The van der Waals surface area contributed by atoms with Crippen LogP contribution in [0.3, 0.4) is 0 Å². The van der Waals surface area contributed by atoms with E-state index in [1.807, 2.05) is 54.6 Å². The maximum absolute atomic E-state index is 12.8. The summed E-state index contributed by atoms with van der Waals surface area (Å²) in [4.78, 5) is 32.4. The number of H-pyrrole nitrogens is 1. The number of nitrogens with one attached hydrogen (secondary N) is 2. The summed E-state index contributed by atoms with van der Waals surface area (Å²) in [6, 6.07) is 17.4. The van der Waals surface area contributed by atoms with E-state index >= 15 is 0 Å². The van der Waals surface area contributed by atoms with Crippen LogP contribution in [0.1, 0.15) is 30.3 Å². The van der Waals surface area contributed by atoms with Crippen molar-refractivity contribution in [2.45, 2.75) is 25.3 Å². The molecular weight excluding hydrogens is 354 g/mol. The first-order valence-corrected chi connectivity index (χ1v) is 9.23. The van der Waals surface area contributed by atoms with Gasteiger partial charge in [-0.15, -0.1) is 0 Å². The van der Waals surface area contributed by atoms with Crippen molar-refractivity contribution in [3.63, 3.8) is 0 Å². The fourth-order valence-corrected chi connectivity index (χ4v) is 3.28. The van der Waals surface area contributed by atoms with Gasteiger partial charge in [-0.05, 0) is 24.1 Å². The monoisotopic (exact) mass is 375 g/mol. The van der Waals surface area contributed by atoms with Crippen LogP contribution in [0, 0.1) is 0 Å². The summed E-state index contributed by atoms with van der Waals surface area (Å²) in [5.41, 5.74) is 3.22. The lowest BCUT2D eigenvalue weighted by atomic mass is 10.0. The van der Waals surface area contributed by atoms with E-state index in [1.165, 1.54) is 5.01 Å². The molecule has 2 aromatic carbocycles. The minimum atomic E-state index is -0.340. The van der Waals surface area contributed by atoms with Crippen LogP contribution in [0.25, 0.3) is 11.0 Å². The van der Waals surface area contributed by atoms with Gasteiger partial charge in [0.15, 0.2) is 0 Å². The number of benzene rings is 2. The van der Waals surface area contributed by atoms with E-state index in [0.717, 1.165) is 16.6 Å². The quantitative estimate of drug-likeness (QED) is 0.718. The Hall–Kier alpha value is -3.48. The Morgan fingerprint density at radius 2 is 1.89 bits per heavy atom. The normalized spacial score (nSPS) is 15.4. The second-order valence-corrected chi connectivity index (χ2v) is 6.82. The summed E-state index contributed by atoms with van der Waals surface area (Å²) < 4.78 is 0. The highest BCUT2D eigenvalue weighted by Crippen LogP contribution is 2.20. The van der Waals surface area contributed by atoms with Crippen LogP contribution >= 0.6 is 0 Å². The van der Waals surface area contributed by atoms with E-state index in [9.17, 15) is 9.59 Å². The molecule has 4 rings (SSSR count). The molecule has 0 aliphatic carbocycles. The van der Waals surface area contributed by atoms with E-state index in [-0.39, 0.29) is 24.3 Å². The summed E-state index contributed by atoms with van der Waals surface area (Å²) in [5, 5.41) is 8.39. The molecule has 1 aliphatic heterocycles. The number of para-hydroxylation sites is 2. The lowest BCUT2D eigenvalue weighted by Gasteiger charge is -2.21. The third-order valence-electron chi connectivity index (χ3n) is 4.80. The van der Waals surface area contributed by atoms with Gasteiger partial charge in [0.1, 0.15) is 11.5 Å². The van der Waals surface area contributed by atoms with Gasteiger partial charge in [0.2, 0.25) is 5.91 Å². The average Bonchev–Trinajstić information content (AvgIpc) is 3.14. The number of aromatic nitrogens is 2. The predicted octanol–water partition coefficient (Wildman–Crippen LogP) is 2.57. The number of nitrogens with zero attached hydrogens (tertiary/aromatic N) is 3. The van der Waals surface area contributed by atoms with E-state index in [2.05, 4.69) is 20.4 Å². The fraction of sp³-hybridized carbons (Fsp3) is 0.238. The second kappa shape index (κ2) is 7.64. The molecule has 1 aliphatic rings. The van der Waals surface area contributed by atoms with Crippen molar-refractivity contribution in [2.75, 3.05) is 7.05 Å². The highest BCUT2D eigenvalue weighted by molar-refractivity contribution is 6.39.